The highest BCUT2D eigenvalue weighted by molar-refractivity contribution is 6.05. The smallest absolute Gasteiger partial charge is 0.293 e. The number of benzene rings is 3. The predicted octanol–water partition coefficient (Wildman–Crippen LogP) is 7.76. The molecule has 1 unspecified atom stereocenters. The summed E-state index contributed by atoms with van der Waals surface area (Å²) >= 11 is 0. The minimum atomic E-state index is -0.692. The Morgan fingerprint density at radius 2 is 1.69 bits per heavy atom. The Labute approximate surface area is 251 Å². The second-order valence-electron chi connectivity index (χ2n) is 11.8. The molecular weight excluding hydrogens is 518 g/mol. The number of nitrogens with zero attached hydrogens (tertiary/aromatic N) is 5. The van der Waals surface area contributed by atoms with Gasteiger partial charge in [0.05, 0.1) is 50.9 Å². The van der Waals surface area contributed by atoms with Crippen molar-refractivity contribution in [2.75, 3.05) is 0 Å². The third-order valence-corrected chi connectivity index (χ3v) is 8.87. The summed E-state index contributed by atoms with van der Waals surface area (Å²) in [6.45, 7) is 13.3. The number of nitriles is 1. The lowest BCUT2D eigenvalue weighted by molar-refractivity contribution is 0.431. The molecule has 0 aliphatic rings. The Morgan fingerprint density at radius 1 is 0.952 bits per heavy atom. The van der Waals surface area contributed by atoms with Crippen LogP contribution in [0.4, 0.5) is 0 Å². The average Bonchev–Trinajstić information content (AvgIpc) is 3.27. The van der Waals surface area contributed by atoms with E-state index in [1.165, 1.54) is 0 Å². The molecule has 0 fully saturated rings. The van der Waals surface area contributed by atoms with Crippen LogP contribution in [0, 0.1) is 44.9 Å². The molecule has 1 atom stereocenters. The van der Waals surface area contributed by atoms with E-state index in [0.29, 0.717) is 44.3 Å². The number of rotatable bonds is 4. The van der Waals surface area contributed by atoms with Gasteiger partial charge in [-0.25, -0.2) is 4.79 Å². The normalized spacial score (nSPS) is 14.6. The number of aryl methyl sites for hydroxylation is 3. The third-order valence-electron chi connectivity index (χ3n) is 8.87. The van der Waals surface area contributed by atoms with Gasteiger partial charge in [-0.05, 0) is 110 Å². The van der Waals surface area contributed by atoms with Crippen molar-refractivity contribution in [2.24, 2.45) is 13.0 Å². The molecule has 6 heteroatoms. The highest BCUT2D eigenvalue weighted by Crippen LogP contribution is 2.36. The summed E-state index contributed by atoms with van der Waals surface area (Å²) < 4.78 is 38.6. The van der Waals surface area contributed by atoms with E-state index < -0.39 is 5.41 Å². The maximum atomic E-state index is 13.9. The third kappa shape index (κ3) is 4.03. The molecule has 3 heterocycles. The van der Waals surface area contributed by atoms with Crippen LogP contribution in [0.2, 0.25) is 0 Å². The fraction of sp³-hybridized carbons (Fsp3) is 0.278. The molecule has 3 aromatic carbocycles. The second-order valence-corrected chi connectivity index (χ2v) is 11.8. The van der Waals surface area contributed by atoms with Crippen molar-refractivity contribution in [3.63, 3.8) is 0 Å². The van der Waals surface area contributed by atoms with Crippen LogP contribution in [0.5, 0.6) is 0 Å². The molecule has 3 aromatic heterocycles. The maximum absolute atomic E-state index is 13.9. The Hall–Kier alpha value is -4.76. The highest BCUT2D eigenvalue weighted by atomic mass is 16.1. The first-order valence-electron chi connectivity index (χ1n) is 16.0. The van der Waals surface area contributed by atoms with Gasteiger partial charge in [-0.15, -0.1) is 0 Å². The number of hydrogen-bond donors (Lipinski definition) is 0. The second kappa shape index (κ2) is 9.66. The lowest BCUT2D eigenvalue weighted by Gasteiger charge is -2.27. The zero-order chi connectivity index (χ0) is 33.6. The van der Waals surface area contributed by atoms with E-state index in [9.17, 15) is 11.4 Å². The predicted molar refractivity (Wildman–Crippen MR) is 171 cm³/mol. The molecule has 0 radical (unpaired) electrons. The van der Waals surface area contributed by atoms with Crippen molar-refractivity contribution in [3.8, 4) is 22.9 Å². The first-order valence-corrected chi connectivity index (χ1v) is 14.0. The summed E-state index contributed by atoms with van der Waals surface area (Å²) in [4.78, 5) is 23.0. The molecule has 6 nitrogen and oxygen atoms in total. The minimum Gasteiger partial charge on any atom is -0.293 e. The van der Waals surface area contributed by atoms with Gasteiger partial charge in [0.15, 0.2) is 0 Å². The van der Waals surface area contributed by atoms with E-state index in [4.69, 9.17) is 4.11 Å². The molecule has 6 aromatic rings. The van der Waals surface area contributed by atoms with Crippen molar-refractivity contribution in [1.82, 2.24) is 19.1 Å². The first kappa shape index (κ1) is 22.9. The van der Waals surface area contributed by atoms with Gasteiger partial charge in [0.2, 0.25) is 0 Å². The lowest BCUT2D eigenvalue weighted by Crippen LogP contribution is -2.27. The molecule has 0 aliphatic carbocycles. The van der Waals surface area contributed by atoms with Crippen molar-refractivity contribution in [3.05, 3.63) is 99.1 Å². The number of pyridine rings is 2. The molecule has 210 valence electrons. The molecular formula is C36H35N5O. The molecule has 0 saturated heterocycles. The molecule has 0 N–H and O–H groups in total. The number of fused-ring (bicyclic) bond motifs is 4. The molecule has 0 saturated carbocycles. The maximum Gasteiger partial charge on any atom is 0.333 e. The van der Waals surface area contributed by atoms with Crippen LogP contribution in [-0.4, -0.2) is 19.1 Å². The van der Waals surface area contributed by atoms with Gasteiger partial charge in [-0.2, -0.15) is 5.26 Å². The largest absolute Gasteiger partial charge is 0.333 e. The summed E-state index contributed by atoms with van der Waals surface area (Å²) in [6.07, 6.45) is 1.53. The van der Waals surface area contributed by atoms with Gasteiger partial charge in [-0.3, -0.25) is 19.1 Å². The van der Waals surface area contributed by atoms with Gasteiger partial charge in [0.25, 0.3) is 0 Å². The van der Waals surface area contributed by atoms with Crippen molar-refractivity contribution in [1.29, 1.82) is 5.26 Å². The summed E-state index contributed by atoms with van der Waals surface area (Å²) in [5, 5.41) is 10.9. The summed E-state index contributed by atoms with van der Waals surface area (Å²) in [5.41, 5.74) is 6.35. The van der Waals surface area contributed by atoms with E-state index in [0.717, 1.165) is 16.7 Å². The van der Waals surface area contributed by atoms with Crippen LogP contribution in [0.25, 0.3) is 49.7 Å². The van der Waals surface area contributed by atoms with E-state index >= 15 is 0 Å². The van der Waals surface area contributed by atoms with Gasteiger partial charge < -0.3 is 0 Å². The Morgan fingerprint density at radius 3 is 2.38 bits per heavy atom. The number of imidazole rings is 1. The zero-order valence-electron chi connectivity index (χ0n) is 29.2. The molecule has 0 spiro atoms. The quantitative estimate of drug-likeness (QED) is 0.222. The molecule has 0 amide bonds. The van der Waals surface area contributed by atoms with Crippen LogP contribution in [-0.2, 0) is 12.5 Å². The van der Waals surface area contributed by atoms with Crippen molar-refractivity contribution in [2.45, 2.75) is 53.9 Å². The summed E-state index contributed by atoms with van der Waals surface area (Å²) in [5.74, 6) is 0.0833. The van der Waals surface area contributed by atoms with Gasteiger partial charge in [0, 0.05) is 29.6 Å². The molecule has 6 rings (SSSR count). The van der Waals surface area contributed by atoms with Gasteiger partial charge in [0.1, 0.15) is 0 Å². The van der Waals surface area contributed by atoms with E-state index in [-0.39, 0.29) is 52.4 Å². The van der Waals surface area contributed by atoms with Crippen LogP contribution < -0.4 is 5.69 Å². The Bertz CT molecular complexity index is 2400. The fourth-order valence-corrected chi connectivity index (χ4v) is 5.64. The van der Waals surface area contributed by atoms with Gasteiger partial charge >= 0.3 is 5.69 Å². The first-order chi connectivity index (χ1) is 21.6. The Kier molecular flexibility index (Phi) is 5.26. The monoisotopic (exact) mass is 557 g/mol. The molecule has 0 bridgehead atoms. The lowest BCUT2D eigenvalue weighted by atomic mass is 9.74. The summed E-state index contributed by atoms with van der Waals surface area (Å²) in [6, 6.07) is 12.2. The van der Waals surface area contributed by atoms with E-state index in [2.05, 4.69) is 16.0 Å². The van der Waals surface area contributed by atoms with Crippen LogP contribution in [0.1, 0.15) is 54.1 Å². The van der Waals surface area contributed by atoms with Crippen molar-refractivity contribution >= 4 is 32.8 Å². The van der Waals surface area contributed by atoms with Crippen molar-refractivity contribution < 1.29 is 5.48 Å². The fourth-order valence-electron chi connectivity index (χ4n) is 5.64. The minimum absolute atomic E-state index is 0.0261. The molecule has 0 aliphatic heterocycles. The number of aromatic nitrogens is 4. The van der Waals surface area contributed by atoms with Crippen LogP contribution >= 0.6 is 0 Å². The zero-order valence-corrected chi connectivity index (χ0v) is 25.2. The summed E-state index contributed by atoms with van der Waals surface area (Å²) in [7, 11) is 1.70. The topological polar surface area (TPSA) is 76.5 Å². The highest BCUT2D eigenvalue weighted by Gasteiger charge is 2.31. The standard InChI is InChI=1S/C36H35N5O/c1-20(2)36(7,19-37)27-9-10-32(24(6)12-27)41-34-29-16-28(23(5)14-31(29)39-18-33(34)40(8)35(41)42)26-15-25-11-21(3)22(4)13-30(25)38-17-26/h9-18,20H,1-8H3/i11D,13D,15D,17D. The van der Waals surface area contributed by atoms with Gasteiger partial charge in [-0.1, -0.05) is 26.0 Å². The van der Waals surface area contributed by atoms with Crippen LogP contribution in [0.3, 0.4) is 0 Å². The average molecular weight is 558 g/mol. The van der Waals surface area contributed by atoms with E-state index in [1.54, 1.807) is 36.2 Å². The number of hydrogen-bond acceptors (Lipinski definition) is 4. The molecule has 42 heavy (non-hydrogen) atoms. The Balaban J connectivity index is 1.68. The SMILES string of the molecule is [2H]c1nc2c([2H])c(C)c(C)c([2H])c2c([2H])c1-c1cc2c(cc1C)ncc1c2n(-c2ccc(C(C)(C#N)C(C)C)cc2C)c(=O)n1C. The van der Waals surface area contributed by atoms with E-state index in [1.807, 2.05) is 65.0 Å². The van der Waals surface area contributed by atoms with Crippen LogP contribution in [0.15, 0.2) is 65.6 Å².